The molecule has 94 valence electrons. The molecule has 1 nitrogen and oxygen atoms in total. The van der Waals surface area contributed by atoms with E-state index in [0.717, 1.165) is 25.4 Å². The Balaban J connectivity index is 2.19. The van der Waals surface area contributed by atoms with Crippen molar-refractivity contribution in [1.29, 1.82) is 0 Å². The van der Waals surface area contributed by atoms with Gasteiger partial charge in [0.05, 0.1) is 0 Å². The average molecular weight is 231 g/mol. The van der Waals surface area contributed by atoms with Crippen molar-refractivity contribution in [3.63, 3.8) is 0 Å². The summed E-state index contributed by atoms with van der Waals surface area (Å²) in [5.74, 6) is 0.790. The van der Waals surface area contributed by atoms with E-state index in [4.69, 9.17) is 0 Å². The van der Waals surface area contributed by atoms with Crippen LogP contribution in [0.3, 0.4) is 0 Å². The van der Waals surface area contributed by atoms with Gasteiger partial charge >= 0.3 is 0 Å². The van der Waals surface area contributed by atoms with Crippen LogP contribution in [0.4, 0.5) is 0 Å². The Labute approximate surface area is 106 Å². The highest BCUT2D eigenvalue weighted by molar-refractivity contribution is 5.20. The van der Waals surface area contributed by atoms with Crippen LogP contribution in [0.5, 0.6) is 0 Å². The first kappa shape index (κ1) is 14.0. The summed E-state index contributed by atoms with van der Waals surface area (Å²) in [5, 5.41) is 3.51. The quantitative estimate of drug-likeness (QED) is 0.525. The van der Waals surface area contributed by atoms with Gasteiger partial charge < -0.3 is 5.32 Å². The zero-order valence-corrected chi connectivity index (χ0v) is 11.2. The molecular weight excluding hydrogens is 206 g/mol. The van der Waals surface area contributed by atoms with Crippen molar-refractivity contribution < 1.29 is 0 Å². The summed E-state index contributed by atoms with van der Waals surface area (Å²) >= 11 is 0. The lowest BCUT2D eigenvalue weighted by Crippen LogP contribution is -2.17. The molecule has 0 amide bonds. The van der Waals surface area contributed by atoms with E-state index in [1.165, 1.54) is 24.0 Å². The van der Waals surface area contributed by atoms with E-state index in [0.29, 0.717) is 0 Å². The molecule has 17 heavy (non-hydrogen) atoms. The molecule has 0 fully saturated rings. The fraction of sp³-hybridized carbons (Fsp3) is 0.500. The molecule has 1 unspecified atom stereocenters. The van der Waals surface area contributed by atoms with E-state index in [1.54, 1.807) is 0 Å². The van der Waals surface area contributed by atoms with Crippen LogP contribution in [0.1, 0.15) is 37.3 Å². The van der Waals surface area contributed by atoms with Crippen molar-refractivity contribution in [3.8, 4) is 0 Å². The lowest BCUT2D eigenvalue weighted by Gasteiger charge is -2.12. The number of benzene rings is 1. The molecule has 1 aromatic carbocycles. The van der Waals surface area contributed by atoms with Crippen LogP contribution in [0, 0.1) is 12.8 Å². The molecule has 1 N–H and O–H groups in total. The minimum atomic E-state index is 0.790. The zero-order chi connectivity index (χ0) is 12.5. The molecule has 0 spiro atoms. The Morgan fingerprint density at radius 2 is 2.00 bits per heavy atom. The van der Waals surface area contributed by atoms with Crippen molar-refractivity contribution in [2.75, 3.05) is 6.54 Å². The van der Waals surface area contributed by atoms with E-state index in [9.17, 15) is 0 Å². The summed E-state index contributed by atoms with van der Waals surface area (Å²) < 4.78 is 0. The molecule has 0 aliphatic rings. The van der Waals surface area contributed by atoms with Gasteiger partial charge in [0.2, 0.25) is 0 Å². The molecule has 0 aliphatic heterocycles. The Morgan fingerprint density at radius 1 is 1.29 bits per heavy atom. The SMILES string of the molecule is C=CCC(CC)CCNCc1ccc(C)cc1. The Bertz CT molecular complexity index is 313. The maximum Gasteiger partial charge on any atom is 0.0205 e. The van der Waals surface area contributed by atoms with Crippen LogP contribution in [-0.2, 0) is 6.54 Å². The van der Waals surface area contributed by atoms with Crippen LogP contribution in [0.25, 0.3) is 0 Å². The summed E-state index contributed by atoms with van der Waals surface area (Å²) in [6.45, 7) is 10.3. The number of aryl methyl sites for hydroxylation is 1. The number of allylic oxidation sites excluding steroid dienone is 1. The number of nitrogens with one attached hydrogen (secondary N) is 1. The molecule has 0 radical (unpaired) electrons. The first-order valence-corrected chi connectivity index (χ1v) is 6.63. The molecule has 0 bridgehead atoms. The van der Waals surface area contributed by atoms with Crippen LogP contribution >= 0.6 is 0 Å². The van der Waals surface area contributed by atoms with Crippen LogP contribution in [-0.4, -0.2) is 6.54 Å². The largest absolute Gasteiger partial charge is 0.313 e. The minimum Gasteiger partial charge on any atom is -0.313 e. The third kappa shape index (κ3) is 5.69. The number of hydrogen-bond acceptors (Lipinski definition) is 1. The van der Waals surface area contributed by atoms with Crippen molar-refractivity contribution in [1.82, 2.24) is 5.32 Å². The summed E-state index contributed by atoms with van der Waals surface area (Å²) in [6.07, 6.45) is 5.67. The van der Waals surface area contributed by atoms with E-state index in [1.807, 2.05) is 6.08 Å². The second kappa shape index (κ2) is 8.08. The lowest BCUT2D eigenvalue weighted by molar-refractivity contribution is 0.456. The van der Waals surface area contributed by atoms with Gasteiger partial charge in [0.15, 0.2) is 0 Å². The molecule has 0 aromatic heterocycles. The Morgan fingerprint density at radius 3 is 2.59 bits per heavy atom. The Kier molecular flexibility index (Phi) is 6.64. The maximum absolute atomic E-state index is 3.81. The molecule has 1 heteroatoms. The fourth-order valence-corrected chi connectivity index (χ4v) is 1.97. The normalized spacial score (nSPS) is 12.4. The fourth-order valence-electron chi connectivity index (χ4n) is 1.97. The molecule has 0 aliphatic carbocycles. The van der Waals surface area contributed by atoms with Gasteiger partial charge in [0, 0.05) is 6.54 Å². The van der Waals surface area contributed by atoms with E-state index in [2.05, 4.69) is 50.0 Å². The topological polar surface area (TPSA) is 12.0 Å². The predicted octanol–water partition coefficient (Wildman–Crippen LogP) is 4.08. The van der Waals surface area contributed by atoms with Crippen LogP contribution in [0.2, 0.25) is 0 Å². The van der Waals surface area contributed by atoms with Crippen LogP contribution < -0.4 is 5.32 Å². The minimum absolute atomic E-state index is 0.790. The van der Waals surface area contributed by atoms with Crippen molar-refractivity contribution in [2.45, 2.75) is 39.7 Å². The Hall–Kier alpha value is -1.08. The summed E-state index contributed by atoms with van der Waals surface area (Å²) in [5.41, 5.74) is 2.69. The molecule has 1 rings (SSSR count). The van der Waals surface area contributed by atoms with E-state index in [-0.39, 0.29) is 0 Å². The number of hydrogen-bond donors (Lipinski definition) is 1. The first-order valence-electron chi connectivity index (χ1n) is 6.63. The second-order valence-electron chi connectivity index (χ2n) is 4.75. The van der Waals surface area contributed by atoms with Gasteiger partial charge in [-0.05, 0) is 37.8 Å². The average Bonchev–Trinajstić information content (AvgIpc) is 2.35. The van der Waals surface area contributed by atoms with Gasteiger partial charge in [0.1, 0.15) is 0 Å². The smallest absolute Gasteiger partial charge is 0.0205 e. The molecule has 1 aromatic rings. The van der Waals surface area contributed by atoms with Gasteiger partial charge in [-0.3, -0.25) is 0 Å². The highest BCUT2D eigenvalue weighted by Gasteiger charge is 2.03. The highest BCUT2D eigenvalue weighted by atomic mass is 14.8. The molecular formula is C16H25N. The van der Waals surface area contributed by atoms with E-state index >= 15 is 0 Å². The molecule has 0 saturated carbocycles. The number of rotatable bonds is 8. The highest BCUT2D eigenvalue weighted by Crippen LogP contribution is 2.12. The summed E-state index contributed by atoms with van der Waals surface area (Å²) in [7, 11) is 0. The first-order chi connectivity index (χ1) is 8.26. The monoisotopic (exact) mass is 231 g/mol. The van der Waals surface area contributed by atoms with Crippen molar-refractivity contribution in [2.24, 2.45) is 5.92 Å². The predicted molar refractivity (Wildman–Crippen MR) is 76.1 cm³/mol. The third-order valence-electron chi connectivity index (χ3n) is 3.26. The second-order valence-corrected chi connectivity index (χ2v) is 4.75. The summed E-state index contributed by atoms with van der Waals surface area (Å²) in [6, 6.07) is 8.74. The van der Waals surface area contributed by atoms with Gasteiger partial charge in [-0.15, -0.1) is 6.58 Å². The molecule has 1 atom stereocenters. The van der Waals surface area contributed by atoms with Gasteiger partial charge in [-0.25, -0.2) is 0 Å². The van der Waals surface area contributed by atoms with Gasteiger partial charge in [0.25, 0.3) is 0 Å². The third-order valence-corrected chi connectivity index (χ3v) is 3.26. The molecule has 0 heterocycles. The van der Waals surface area contributed by atoms with Crippen molar-refractivity contribution in [3.05, 3.63) is 48.0 Å². The van der Waals surface area contributed by atoms with Gasteiger partial charge in [-0.2, -0.15) is 0 Å². The lowest BCUT2D eigenvalue weighted by atomic mass is 9.98. The molecule has 0 saturated heterocycles. The van der Waals surface area contributed by atoms with E-state index < -0.39 is 0 Å². The maximum atomic E-state index is 3.81. The standard InChI is InChI=1S/C16H25N/c1-4-6-15(5-2)11-12-17-13-16-9-7-14(3)8-10-16/h4,7-10,15,17H,1,5-6,11-13H2,2-3H3. The zero-order valence-electron chi connectivity index (χ0n) is 11.2. The van der Waals surface area contributed by atoms with Crippen molar-refractivity contribution >= 4 is 0 Å². The van der Waals surface area contributed by atoms with Gasteiger partial charge in [-0.1, -0.05) is 49.2 Å². The summed E-state index contributed by atoms with van der Waals surface area (Å²) in [4.78, 5) is 0. The van der Waals surface area contributed by atoms with Crippen LogP contribution in [0.15, 0.2) is 36.9 Å².